The molecule has 0 amide bonds. The summed E-state index contributed by atoms with van der Waals surface area (Å²) in [5, 5.41) is 9.29. The molecule has 0 heterocycles. The average Bonchev–Trinajstić information content (AvgIpc) is 2.45. The van der Waals surface area contributed by atoms with Crippen LogP contribution in [0.4, 0.5) is 0 Å². The Morgan fingerprint density at radius 2 is 1.80 bits per heavy atom. The fourth-order valence-electron chi connectivity index (χ4n) is 2.08. The molecule has 0 saturated heterocycles. The van der Waals surface area contributed by atoms with E-state index >= 15 is 0 Å². The van der Waals surface area contributed by atoms with Crippen molar-refractivity contribution in [1.82, 2.24) is 0 Å². The summed E-state index contributed by atoms with van der Waals surface area (Å²) in [4.78, 5) is 23.9. The van der Waals surface area contributed by atoms with Gasteiger partial charge in [0.15, 0.2) is 11.5 Å². The second-order valence-electron chi connectivity index (χ2n) is 4.35. The van der Waals surface area contributed by atoms with Crippen molar-refractivity contribution in [3.63, 3.8) is 0 Å². The quantitative estimate of drug-likeness (QED) is 0.673. The first-order chi connectivity index (χ1) is 9.56. The molecular weight excluding hydrogens is 256 g/mol. The molecule has 0 bridgehead atoms. The molecule has 1 N–H and O–H groups in total. The van der Waals surface area contributed by atoms with Crippen LogP contribution in [-0.4, -0.2) is 23.8 Å². The van der Waals surface area contributed by atoms with Gasteiger partial charge in [-0.15, -0.1) is 6.58 Å². The Bertz CT molecular complexity index is 620. The third-order valence-electron chi connectivity index (χ3n) is 3.12. The number of aromatic hydroxyl groups is 1. The van der Waals surface area contributed by atoms with Crippen LogP contribution >= 0.6 is 0 Å². The van der Waals surface area contributed by atoms with Crippen LogP contribution in [0.25, 0.3) is 0 Å². The van der Waals surface area contributed by atoms with Crippen molar-refractivity contribution in [1.29, 1.82) is 0 Å². The highest BCUT2D eigenvalue weighted by molar-refractivity contribution is 6.19. The SMILES string of the molecule is C=CC(C1=CC(=O)C(OC)=CC1=O)c1ccc(O)cc1. The first kappa shape index (κ1) is 13.8. The zero-order chi connectivity index (χ0) is 14.7. The van der Waals surface area contributed by atoms with E-state index in [1.165, 1.54) is 31.4 Å². The molecule has 0 fully saturated rings. The highest BCUT2D eigenvalue weighted by atomic mass is 16.5. The monoisotopic (exact) mass is 270 g/mol. The molecule has 0 radical (unpaired) electrons. The maximum atomic E-state index is 12.1. The van der Waals surface area contributed by atoms with Gasteiger partial charge >= 0.3 is 0 Å². The molecule has 0 aromatic heterocycles. The molecule has 0 saturated carbocycles. The predicted octanol–water partition coefficient (Wildman–Crippen LogP) is 2.27. The number of hydrogen-bond acceptors (Lipinski definition) is 4. The molecule has 4 heteroatoms. The highest BCUT2D eigenvalue weighted by Crippen LogP contribution is 2.30. The maximum absolute atomic E-state index is 12.1. The van der Waals surface area contributed by atoms with E-state index in [-0.39, 0.29) is 23.1 Å². The van der Waals surface area contributed by atoms with E-state index < -0.39 is 5.92 Å². The summed E-state index contributed by atoms with van der Waals surface area (Å²) < 4.78 is 4.84. The molecule has 20 heavy (non-hydrogen) atoms. The van der Waals surface area contributed by atoms with Crippen LogP contribution in [0.15, 0.2) is 60.4 Å². The number of benzene rings is 1. The molecule has 2 rings (SSSR count). The molecule has 1 aliphatic carbocycles. The Hall–Kier alpha value is -2.62. The fraction of sp³-hybridized carbons (Fsp3) is 0.125. The van der Waals surface area contributed by atoms with Crippen LogP contribution in [0.3, 0.4) is 0 Å². The van der Waals surface area contributed by atoms with Gasteiger partial charge in [-0.2, -0.15) is 0 Å². The van der Waals surface area contributed by atoms with Crippen molar-refractivity contribution >= 4 is 11.6 Å². The van der Waals surface area contributed by atoms with Crippen LogP contribution in [0.2, 0.25) is 0 Å². The van der Waals surface area contributed by atoms with Crippen LogP contribution in [0.1, 0.15) is 11.5 Å². The van der Waals surface area contributed by atoms with E-state index in [2.05, 4.69) is 6.58 Å². The number of methoxy groups -OCH3 is 1. The Balaban J connectivity index is 2.38. The van der Waals surface area contributed by atoms with Crippen LogP contribution in [0, 0.1) is 0 Å². The van der Waals surface area contributed by atoms with Crippen molar-refractivity contribution < 1.29 is 19.4 Å². The number of phenols is 1. The van der Waals surface area contributed by atoms with Crippen molar-refractivity contribution in [2.24, 2.45) is 0 Å². The number of carbonyl (C=O) groups is 2. The molecule has 1 aromatic carbocycles. The fourth-order valence-corrected chi connectivity index (χ4v) is 2.08. The molecule has 1 atom stereocenters. The summed E-state index contributed by atoms with van der Waals surface area (Å²) in [5.41, 5.74) is 1.12. The van der Waals surface area contributed by atoms with E-state index in [1.54, 1.807) is 18.2 Å². The molecule has 1 aromatic rings. The van der Waals surface area contributed by atoms with Crippen LogP contribution in [-0.2, 0) is 14.3 Å². The van der Waals surface area contributed by atoms with Gasteiger partial charge in [-0.25, -0.2) is 0 Å². The number of hydrogen-bond donors (Lipinski definition) is 1. The van der Waals surface area contributed by atoms with Crippen molar-refractivity contribution in [2.75, 3.05) is 7.11 Å². The van der Waals surface area contributed by atoms with Gasteiger partial charge in [0, 0.05) is 17.6 Å². The first-order valence-corrected chi connectivity index (χ1v) is 6.04. The van der Waals surface area contributed by atoms with E-state index in [4.69, 9.17) is 4.74 Å². The minimum Gasteiger partial charge on any atom is -0.508 e. The van der Waals surface area contributed by atoms with E-state index in [1.807, 2.05) is 0 Å². The molecule has 1 unspecified atom stereocenters. The minimum atomic E-state index is -0.401. The van der Waals surface area contributed by atoms with Gasteiger partial charge in [0.05, 0.1) is 7.11 Å². The lowest BCUT2D eigenvalue weighted by Gasteiger charge is -2.18. The third-order valence-corrected chi connectivity index (χ3v) is 3.12. The smallest absolute Gasteiger partial charge is 0.220 e. The lowest BCUT2D eigenvalue weighted by molar-refractivity contribution is -0.117. The van der Waals surface area contributed by atoms with Gasteiger partial charge < -0.3 is 9.84 Å². The topological polar surface area (TPSA) is 63.6 Å². The molecule has 4 nitrogen and oxygen atoms in total. The largest absolute Gasteiger partial charge is 0.508 e. The Kier molecular flexibility index (Phi) is 3.84. The second-order valence-corrected chi connectivity index (χ2v) is 4.35. The zero-order valence-corrected chi connectivity index (χ0v) is 11.0. The number of ketones is 2. The van der Waals surface area contributed by atoms with Gasteiger partial charge in [-0.3, -0.25) is 9.59 Å². The maximum Gasteiger partial charge on any atom is 0.220 e. The Labute approximate surface area is 116 Å². The predicted molar refractivity (Wildman–Crippen MR) is 74.2 cm³/mol. The third kappa shape index (κ3) is 2.54. The molecule has 1 aliphatic rings. The van der Waals surface area contributed by atoms with Crippen molar-refractivity contribution in [3.05, 3.63) is 66.0 Å². The summed E-state index contributed by atoms with van der Waals surface area (Å²) in [6, 6.07) is 6.43. The summed E-state index contributed by atoms with van der Waals surface area (Å²) >= 11 is 0. The Morgan fingerprint density at radius 1 is 1.15 bits per heavy atom. The van der Waals surface area contributed by atoms with Gasteiger partial charge in [-0.05, 0) is 23.8 Å². The number of phenolic OH excluding ortho intramolecular Hbond substituents is 1. The van der Waals surface area contributed by atoms with Crippen LogP contribution < -0.4 is 0 Å². The first-order valence-electron chi connectivity index (χ1n) is 6.04. The van der Waals surface area contributed by atoms with Crippen LogP contribution in [0.5, 0.6) is 5.75 Å². The summed E-state index contributed by atoms with van der Waals surface area (Å²) in [7, 11) is 1.35. The van der Waals surface area contributed by atoms with Gasteiger partial charge in [0.1, 0.15) is 5.75 Å². The minimum absolute atomic E-state index is 0.0345. The molecule has 0 aliphatic heterocycles. The normalized spacial score (nSPS) is 16.2. The van der Waals surface area contributed by atoms with E-state index in [9.17, 15) is 14.7 Å². The average molecular weight is 270 g/mol. The lowest BCUT2D eigenvalue weighted by Crippen LogP contribution is -2.18. The van der Waals surface area contributed by atoms with Crippen molar-refractivity contribution in [3.8, 4) is 5.75 Å². The number of carbonyl (C=O) groups excluding carboxylic acids is 2. The second kappa shape index (κ2) is 5.57. The van der Waals surface area contributed by atoms with E-state index in [0.29, 0.717) is 5.57 Å². The molecule has 102 valence electrons. The number of rotatable bonds is 4. The van der Waals surface area contributed by atoms with Crippen molar-refractivity contribution in [2.45, 2.75) is 5.92 Å². The molecule has 0 spiro atoms. The Morgan fingerprint density at radius 3 is 2.35 bits per heavy atom. The summed E-state index contributed by atoms with van der Waals surface area (Å²) in [6.07, 6.45) is 4.06. The lowest BCUT2D eigenvalue weighted by atomic mass is 9.85. The number of allylic oxidation sites excluding steroid dienone is 4. The van der Waals surface area contributed by atoms with Gasteiger partial charge in [0.25, 0.3) is 0 Å². The highest BCUT2D eigenvalue weighted by Gasteiger charge is 2.26. The molecular formula is C16H14O4. The van der Waals surface area contributed by atoms with Gasteiger partial charge in [-0.1, -0.05) is 18.2 Å². The van der Waals surface area contributed by atoms with E-state index in [0.717, 1.165) is 5.56 Å². The standard InChI is InChI=1S/C16H14O4/c1-3-12(10-4-6-11(17)7-5-10)13-8-15(19)16(20-2)9-14(13)18/h3-9,12,17H,1H2,2H3. The summed E-state index contributed by atoms with van der Waals surface area (Å²) in [5.74, 6) is -0.848. The number of ether oxygens (including phenoxy) is 1. The zero-order valence-electron chi connectivity index (χ0n) is 11.0. The van der Waals surface area contributed by atoms with Gasteiger partial charge in [0.2, 0.25) is 5.78 Å². The summed E-state index contributed by atoms with van der Waals surface area (Å²) in [6.45, 7) is 3.71.